The highest BCUT2D eigenvalue weighted by Crippen LogP contribution is 2.10. The molecule has 26 heavy (non-hydrogen) atoms. The third-order valence-electron chi connectivity index (χ3n) is 3.53. The Bertz CT molecular complexity index is 588. The van der Waals surface area contributed by atoms with Crippen molar-refractivity contribution in [3.63, 3.8) is 0 Å². The average molecular weight is 367 g/mol. The molecule has 1 aromatic rings. The van der Waals surface area contributed by atoms with E-state index in [2.05, 4.69) is 10.1 Å². The molecule has 2 N–H and O–H groups in total. The molecule has 1 aromatic carbocycles. The minimum Gasteiger partial charge on any atom is -0.480 e. The van der Waals surface area contributed by atoms with Gasteiger partial charge in [-0.3, -0.25) is 19.7 Å². The fourth-order valence-corrected chi connectivity index (χ4v) is 2.14. The standard InChI is InChI=1S/C18H25NO7/c1-12(2)16(18(23)25-10-13-7-5-4-6-8-13)19-14(17(21)22)9-15(20)26-11-24-3/h4-8,12,14,16,19H,9-11H2,1-3H3,(H,21,22)/t14-,16?/m0/s1. The summed E-state index contributed by atoms with van der Waals surface area (Å²) in [5.41, 5.74) is 0.821. The molecule has 0 aliphatic carbocycles. The molecule has 0 fully saturated rings. The van der Waals surface area contributed by atoms with E-state index in [-0.39, 0.29) is 19.3 Å². The Hall–Kier alpha value is -2.45. The van der Waals surface area contributed by atoms with Crippen LogP contribution < -0.4 is 5.32 Å². The molecule has 0 bridgehead atoms. The van der Waals surface area contributed by atoms with Crippen LogP contribution in [0.15, 0.2) is 30.3 Å². The third kappa shape index (κ3) is 7.62. The van der Waals surface area contributed by atoms with Gasteiger partial charge in [0.1, 0.15) is 18.7 Å². The Morgan fingerprint density at radius 1 is 1.12 bits per heavy atom. The molecule has 0 aliphatic heterocycles. The monoisotopic (exact) mass is 367 g/mol. The van der Waals surface area contributed by atoms with Crippen molar-refractivity contribution in [3.8, 4) is 0 Å². The summed E-state index contributed by atoms with van der Waals surface area (Å²) in [5.74, 6) is -2.83. The number of esters is 2. The van der Waals surface area contributed by atoms with Crippen molar-refractivity contribution in [1.29, 1.82) is 0 Å². The number of hydrogen-bond acceptors (Lipinski definition) is 7. The first-order valence-electron chi connectivity index (χ1n) is 8.19. The molecule has 0 radical (unpaired) electrons. The molecule has 1 rings (SSSR count). The van der Waals surface area contributed by atoms with E-state index in [0.717, 1.165) is 5.56 Å². The Morgan fingerprint density at radius 2 is 1.77 bits per heavy atom. The highest BCUT2D eigenvalue weighted by molar-refractivity contribution is 5.83. The second-order valence-electron chi connectivity index (χ2n) is 6.00. The molecule has 0 amide bonds. The third-order valence-corrected chi connectivity index (χ3v) is 3.53. The quantitative estimate of drug-likeness (QED) is 0.445. The van der Waals surface area contributed by atoms with Gasteiger partial charge in [-0.05, 0) is 11.5 Å². The van der Waals surface area contributed by atoms with E-state index in [9.17, 15) is 19.5 Å². The maximum atomic E-state index is 12.4. The predicted octanol–water partition coefficient (Wildman–Crippen LogP) is 1.33. The van der Waals surface area contributed by atoms with E-state index in [4.69, 9.17) is 9.47 Å². The lowest BCUT2D eigenvalue weighted by molar-refractivity contribution is -0.159. The summed E-state index contributed by atoms with van der Waals surface area (Å²) >= 11 is 0. The van der Waals surface area contributed by atoms with Gasteiger partial charge in [0, 0.05) is 7.11 Å². The zero-order valence-electron chi connectivity index (χ0n) is 15.1. The summed E-state index contributed by atoms with van der Waals surface area (Å²) in [6, 6.07) is 6.98. The molecule has 144 valence electrons. The Kier molecular flexibility index (Phi) is 9.32. The van der Waals surface area contributed by atoms with Gasteiger partial charge in [-0.25, -0.2) is 0 Å². The topological polar surface area (TPSA) is 111 Å². The second kappa shape index (κ2) is 11.2. The van der Waals surface area contributed by atoms with E-state index >= 15 is 0 Å². The predicted molar refractivity (Wildman–Crippen MR) is 92.0 cm³/mol. The van der Waals surface area contributed by atoms with Crippen LogP contribution in [0.3, 0.4) is 0 Å². The zero-order valence-corrected chi connectivity index (χ0v) is 15.1. The summed E-state index contributed by atoms with van der Waals surface area (Å²) in [7, 11) is 1.34. The van der Waals surface area contributed by atoms with Crippen LogP contribution in [0.1, 0.15) is 25.8 Å². The molecular weight excluding hydrogens is 342 g/mol. The zero-order chi connectivity index (χ0) is 19.5. The Balaban J connectivity index is 2.68. The summed E-state index contributed by atoms with van der Waals surface area (Å²) in [6.07, 6.45) is -0.437. The van der Waals surface area contributed by atoms with E-state index in [1.54, 1.807) is 13.8 Å². The molecule has 0 saturated carbocycles. The number of rotatable bonds is 11. The first kappa shape index (κ1) is 21.6. The molecule has 8 heteroatoms. The maximum absolute atomic E-state index is 12.4. The number of carbonyl (C=O) groups is 3. The van der Waals surface area contributed by atoms with E-state index in [0.29, 0.717) is 0 Å². The van der Waals surface area contributed by atoms with Crippen LogP contribution in [0.25, 0.3) is 0 Å². The van der Waals surface area contributed by atoms with E-state index in [1.165, 1.54) is 7.11 Å². The number of methoxy groups -OCH3 is 1. The van der Waals surface area contributed by atoms with Gasteiger partial charge in [0.15, 0.2) is 6.79 Å². The molecule has 0 aliphatic rings. The molecule has 1 unspecified atom stereocenters. The van der Waals surface area contributed by atoms with Gasteiger partial charge in [0.2, 0.25) is 0 Å². The summed E-state index contributed by atoms with van der Waals surface area (Å²) in [5, 5.41) is 12.0. The highest BCUT2D eigenvalue weighted by atomic mass is 16.7. The van der Waals surface area contributed by atoms with Crippen LogP contribution in [0, 0.1) is 5.92 Å². The lowest BCUT2D eigenvalue weighted by Crippen LogP contribution is -2.51. The van der Waals surface area contributed by atoms with Crippen LogP contribution in [-0.4, -0.2) is 49.0 Å². The van der Waals surface area contributed by atoms with Crippen molar-refractivity contribution in [1.82, 2.24) is 5.32 Å². The van der Waals surface area contributed by atoms with Crippen molar-refractivity contribution in [2.45, 2.75) is 39.0 Å². The average Bonchev–Trinajstić information content (AvgIpc) is 2.61. The van der Waals surface area contributed by atoms with Crippen LogP contribution in [0.5, 0.6) is 0 Å². The maximum Gasteiger partial charge on any atom is 0.323 e. The van der Waals surface area contributed by atoms with Crippen molar-refractivity contribution in [3.05, 3.63) is 35.9 Å². The van der Waals surface area contributed by atoms with Gasteiger partial charge in [-0.1, -0.05) is 44.2 Å². The Labute approximate surface area is 152 Å². The van der Waals surface area contributed by atoms with Gasteiger partial charge < -0.3 is 19.3 Å². The fourth-order valence-electron chi connectivity index (χ4n) is 2.14. The smallest absolute Gasteiger partial charge is 0.323 e. The van der Waals surface area contributed by atoms with Gasteiger partial charge in [0.05, 0.1) is 6.42 Å². The first-order chi connectivity index (χ1) is 12.3. The number of ether oxygens (including phenoxy) is 3. The largest absolute Gasteiger partial charge is 0.480 e. The number of carbonyl (C=O) groups excluding carboxylic acids is 2. The van der Waals surface area contributed by atoms with Crippen LogP contribution in [-0.2, 0) is 35.2 Å². The van der Waals surface area contributed by atoms with Crippen molar-refractivity contribution < 1.29 is 33.7 Å². The summed E-state index contributed by atoms with van der Waals surface area (Å²) in [4.78, 5) is 35.4. The van der Waals surface area contributed by atoms with Crippen molar-refractivity contribution in [2.75, 3.05) is 13.9 Å². The van der Waals surface area contributed by atoms with Crippen LogP contribution >= 0.6 is 0 Å². The summed E-state index contributed by atoms with van der Waals surface area (Å²) in [6.45, 7) is 3.32. The second-order valence-corrected chi connectivity index (χ2v) is 6.00. The van der Waals surface area contributed by atoms with Crippen LogP contribution in [0.4, 0.5) is 0 Å². The fraction of sp³-hybridized carbons (Fsp3) is 0.500. The minimum absolute atomic E-state index is 0.0815. The number of carboxylic acid groups (broad SMARTS) is 1. The van der Waals surface area contributed by atoms with E-state index in [1.807, 2.05) is 30.3 Å². The molecule has 0 aromatic heterocycles. The van der Waals surface area contributed by atoms with Gasteiger partial charge in [-0.2, -0.15) is 0 Å². The summed E-state index contributed by atoms with van der Waals surface area (Å²) < 4.78 is 14.6. The first-order valence-corrected chi connectivity index (χ1v) is 8.19. The van der Waals surface area contributed by atoms with Gasteiger partial charge in [0.25, 0.3) is 0 Å². The molecular formula is C18H25NO7. The van der Waals surface area contributed by atoms with Crippen LogP contribution in [0.2, 0.25) is 0 Å². The number of nitrogens with one attached hydrogen (secondary N) is 1. The number of hydrogen-bond donors (Lipinski definition) is 2. The SMILES string of the molecule is COCOC(=O)C[C@H](NC(C(=O)OCc1ccccc1)C(C)C)C(=O)O. The molecule has 0 spiro atoms. The number of aliphatic carboxylic acids is 1. The van der Waals surface area contributed by atoms with Crippen molar-refractivity contribution in [2.24, 2.45) is 5.92 Å². The molecule has 2 atom stereocenters. The highest BCUT2D eigenvalue weighted by Gasteiger charge is 2.31. The van der Waals surface area contributed by atoms with Gasteiger partial charge >= 0.3 is 17.9 Å². The molecule has 0 heterocycles. The molecule has 0 saturated heterocycles. The number of benzene rings is 1. The van der Waals surface area contributed by atoms with Crippen molar-refractivity contribution >= 4 is 17.9 Å². The lowest BCUT2D eigenvalue weighted by atomic mass is 10.0. The van der Waals surface area contributed by atoms with E-state index < -0.39 is 36.4 Å². The Morgan fingerprint density at radius 3 is 2.31 bits per heavy atom. The van der Waals surface area contributed by atoms with Gasteiger partial charge in [-0.15, -0.1) is 0 Å². The number of carboxylic acids is 1. The minimum atomic E-state index is -1.28. The normalized spacial score (nSPS) is 13.1. The molecule has 8 nitrogen and oxygen atoms in total. The lowest BCUT2D eigenvalue weighted by Gasteiger charge is -2.24.